The zero-order valence-corrected chi connectivity index (χ0v) is 11.5. The molecule has 0 aromatic rings. The Kier molecular flexibility index (Phi) is 5.73. The maximum absolute atomic E-state index is 9.47. The van der Waals surface area contributed by atoms with E-state index in [1.54, 1.807) is 0 Å². The lowest BCUT2D eigenvalue weighted by Gasteiger charge is -2.42. The van der Waals surface area contributed by atoms with Crippen LogP contribution in [-0.4, -0.2) is 36.2 Å². The van der Waals surface area contributed by atoms with Crippen LogP contribution in [-0.2, 0) is 9.47 Å². The summed E-state index contributed by atoms with van der Waals surface area (Å²) in [5.74, 6) is 0. The Morgan fingerprint density at radius 3 is 1.57 bits per heavy atom. The van der Waals surface area contributed by atoms with E-state index in [9.17, 15) is 9.79 Å². The minimum atomic E-state index is -2.23. The molecule has 0 unspecified atom stereocenters. The van der Waals surface area contributed by atoms with Gasteiger partial charge in [0.1, 0.15) is 8.07 Å². The van der Waals surface area contributed by atoms with Crippen molar-refractivity contribution in [2.75, 3.05) is 13.2 Å². The van der Waals surface area contributed by atoms with Crippen molar-refractivity contribution in [2.45, 2.75) is 38.6 Å². The maximum atomic E-state index is 9.47. The summed E-state index contributed by atoms with van der Waals surface area (Å²) in [6.45, 7) is 10.5. The molecule has 0 amide bonds. The fourth-order valence-corrected chi connectivity index (χ4v) is 5.33. The molecular weight excluding hydrogens is 219 g/mol. The van der Waals surface area contributed by atoms with Crippen LogP contribution in [0.25, 0.3) is 0 Å². The van der Waals surface area contributed by atoms with Crippen molar-refractivity contribution in [3.63, 3.8) is 0 Å². The van der Waals surface area contributed by atoms with E-state index in [1.807, 2.05) is 33.5 Å². The van der Waals surface area contributed by atoms with Crippen molar-refractivity contribution < 1.29 is 19.3 Å². The first-order valence-electron chi connectivity index (χ1n) is 4.77. The van der Waals surface area contributed by atoms with Crippen LogP contribution in [0, 0.1) is 0 Å². The van der Waals surface area contributed by atoms with Gasteiger partial charge in [-0.05, 0) is 13.8 Å². The molecule has 0 aromatic carbocycles. The van der Waals surface area contributed by atoms with E-state index in [2.05, 4.69) is 0 Å². The van der Waals surface area contributed by atoms with Crippen molar-refractivity contribution in [2.24, 2.45) is 0 Å². The molecule has 0 spiro atoms. The van der Waals surface area contributed by atoms with Crippen LogP contribution in [0.4, 0.5) is 0 Å². The smallest absolute Gasteiger partial charge is 0.224 e. The van der Waals surface area contributed by atoms with Gasteiger partial charge in [-0.3, -0.25) is 0 Å². The van der Waals surface area contributed by atoms with E-state index in [0.29, 0.717) is 13.2 Å². The number of ether oxygens (including phenoxy) is 2. The molecule has 2 N–H and O–H groups in total. The highest BCUT2D eigenvalue weighted by atomic mass is 31.2. The molecule has 4 nitrogen and oxygen atoms in total. The first kappa shape index (κ1) is 14.5. The van der Waals surface area contributed by atoms with E-state index in [0.717, 1.165) is 0 Å². The van der Waals surface area contributed by atoms with E-state index >= 15 is 0 Å². The molecule has 0 aromatic heterocycles. The quantitative estimate of drug-likeness (QED) is 0.423. The monoisotopic (exact) mass is 240 g/mol. The van der Waals surface area contributed by atoms with Gasteiger partial charge in [0, 0.05) is 13.2 Å². The molecule has 0 fully saturated rings. The third-order valence-corrected chi connectivity index (χ3v) is 7.47. The molecule has 0 radical (unpaired) electrons. The molecule has 0 saturated carbocycles. The molecular formula is C8H21O4PSi. The molecule has 0 saturated heterocycles. The van der Waals surface area contributed by atoms with Gasteiger partial charge in [-0.25, -0.2) is 0 Å². The summed E-state index contributed by atoms with van der Waals surface area (Å²) < 4.78 is 10.9. The van der Waals surface area contributed by atoms with E-state index in [1.165, 1.54) is 0 Å². The van der Waals surface area contributed by atoms with Gasteiger partial charge in [0.2, 0.25) is 13.5 Å². The second-order valence-electron chi connectivity index (χ2n) is 3.99. The van der Waals surface area contributed by atoms with Crippen LogP contribution in [0.2, 0.25) is 19.6 Å². The molecule has 0 aliphatic rings. The SMILES string of the molecule is CCOC(OCC)(P(O)O)[Si](C)(C)C. The average molecular weight is 240 g/mol. The zero-order valence-electron chi connectivity index (χ0n) is 9.57. The molecule has 6 heteroatoms. The third kappa shape index (κ3) is 2.99. The fourth-order valence-electron chi connectivity index (χ4n) is 1.28. The highest BCUT2D eigenvalue weighted by Gasteiger charge is 2.52. The number of hydrogen-bond donors (Lipinski definition) is 2. The van der Waals surface area contributed by atoms with E-state index < -0.39 is 21.6 Å². The minimum absolute atomic E-state index is 0.421. The zero-order chi connectivity index (χ0) is 11.4. The molecule has 0 aliphatic carbocycles. The maximum Gasteiger partial charge on any atom is 0.224 e. The number of hydrogen-bond acceptors (Lipinski definition) is 4. The van der Waals surface area contributed by atoms with Gasteiger partial charge in [0.15, 0.2) is 0 Å². The summed E-state index contributed by atoms with van der Waals surface area (Å²) in [6.07, 6.45) is 0. The van der Waals surface area contributed by atoms with Gasteiger partial charge >= 0.3 is 0 Å². The van der Waals surface area contributed by atoms with Crippen molar-refractivity contribution in [3.8, 4) is 0 Å². The lowest BCUT2D eigenvalue weighted by Crippen LogP contribution is -2.54. The molecule has 14 heavy (non-hydrogen) atoms. The normalized spacial score (nSPS) is 13.7. The Morgan fingerprint density at radius 1 is 1.07 bits per heavy atom. The van der Waals surface area contributed by atoms with Crippen molar-refractivity contribution in [3.05, 3.63) is 0 Å². The van der Waals surface area contributed by atoms with Gasteiger partial charge in [-0.2, -0.15) is 0 Å². The van der Waals surface area contributed by atoms with Crippen molar-refractivity contribution >= 4 is 16.4 Å². The van der Waals surface area contributed by atoms with Crippen molar-refractivity contribution in [1.82, 2.24) is 0 Å². The highest BCUT2D eigenvalue weighted by molar-refractivity contribution is 7.50. The lowest BCUT2D eigenvalue weighted by molar-refractivity contribution is -0.129. The number of rotatable bonds is 6. The summed E-state index contributed by atoms with van der Waals surface area (Å²) in [7, 11) is -4.19. The summed E-state index contributed by atoms with van der Waals surface area (Å²) in [5, 5.41) is -1.15. The Morgan fingerprint density at radius 2 is 1.43 bits per heavy atom. The first-order chi connectivity index (χ1) is 6.31. The van der Waals surface area contributed by atoms with Gasteiger partial charge < -0.3 is 19.3 Å². The van der Waals surface area contributed by atoms with Crippen LogP contribution in [0.3, 0.4) is 0 Å². The van der Waals surface area contributed by atoms with Crippen LogP contribution >= 0.6 is 8.38 Å². The second-order valence-corrected chi connectivity index (χ2v) is 10.7. The van der Waals surface area contributed by atoms with Gasteiger partial charge in [-0.15, -0.1) is 0 Å². The van der Waals surface area contributed by atoms with E-state index in [4.69, 9.17) is 9.47 Å². The Bertz CT molecular complexity index is 163. The van der Waals surface area contributed by atoms with Crippen LogP contribution in [0.15, 0.2) is 0 Å². The molecule has 0 aliphatic heterocycles. The Balaban J connectivity index is 4.94. The molecule has 86 valence electrons. The molecule has 0 bridgehead atoms. The first-order valence-corrected chi connectivity index (χ1v) is 9.52. The third-order valence-electron chi connectivity index (χ3n) is 1.89. The predicted octanol–water partition coefficient (Wildman–Crippen LogP) is 1.89. The molecule has 0 rings (SSSR count). The van der Waals surface area contributed by atoms with Gasteiger partial charge in [-0.1, -0.05) is 19.6 Å². The fraction of sp³-hybridized carbons (Fsp3) is 1.00. The van der Waals surface area contributed by atoms with Crippen LogP contribution in [0.1, 0.15) is 13.8 Å². The summed E-state index contributed by atoms with van der Waals surface area (Å²) >= 11 is 0. The Hall–Kier alpha value is 0.487. The summed E-state index contributed by atoms with van der Waals surface area (Å²) in [4.78, 5) is 18.9. The molecule has 0 heterocycles. The van der Waals surface area contributed by atoms with Gasteiger partial charge in [0.05, 0.1) is 0 Å². The lowest BCUT2D eigenvalue weighted by atomic mass is 10.8. The highest BCUT2D eigenvalue weighted by Crippen LogP contribution is 2.49. The van der Waals surface area contributed by atoms with E-state index in [-0.39, 0.29) is 0 Å². The average Bonchev–Trinajstić information content (AvgIpc) is 2.01. The second kappa shape index (κ2) is 5.54. The van der Waals surface area contributed by atoms with Gasteiger partial charge in [0.25, 0.3) is 0 Å². The molecule has 0 atom stereocenters. The minimum Gasteiger partial charge on any atom is -0.347 e. The largest absolute Gasteiger partial charge is 0.347 e. The Labute approximate surface area is 88.2 Å². The van der Waals surface area contributed by atoms with Crippen LogP contribution in [0.5, 0.6) is 0 Å². The van der Waals surface area contributed by atoms with Crippen LogP contribution < -0.4 is 0 Å². The standard InChI is InChI=1S/C8H21O4PSi/c1-6-11-8(12-7-2,13(9)10)14(3,4)5/h9-10H,6-7H2,1-5H3. The topological polar surface area (TPSA) is 58.9 Å². The summed E-state index contributed by atoms with van der Waals surface area (Å²) in [5.41, 5.74) is 0. The van der Waals surface area contributed by atoms with Crippen molar-refractivity contribution in [1.29, 1.82) is 0 Å². The summed E-state index contributed by atoms with van der Waals surface area (Å²) in [6, 6.07) is 0. The predicted molar refractivity (Wildman–Crippen MR) is 60.7 cm³/mol.